The van der Waals surface area contributed by atoms with E-state index in [1.807, 2.05) is 36.4 Å². The lowest BCUT2D eigenvalue weighted by molar-refractivity contribution is 0.201. The molecule has 0 amide bonds. The first-order chi connectivity index (χ1) is 8.88. The van der Waals surface area contributed by atoms with Crippen LogP contribution in [0.4, 0.5) is 5.82 Å². The Morgan fingerprint density at radius 3 is 2.78 bits per heavy atom. The molecule has 0 aliphatic carbocycles. The van der Waals surface area contributed by atoms with Gasteiger partial charge in [0.1, 0.15) is 5.82 Å². The van der Waals surface area contributed by atoms with Crippen molar-refractivity contribution in [1.29, 1.82) is 0 Å². The van der Waals surface area contributed by atoms with Crippen LogP contribution < -0.4 is 5.32 Å². The van der Waals surface area contributed by atoms with Crippen LogP contribution in [0.25, 0.3) is 0 Å². The van der Waals surface area contributed by atoms with E-state index in [0.29, 0.717) is 13.2 Å². The Morgan fingerprint density at radius 2 is 2.00 bits per heavy atom. The summed E-state index contributed by atoms with van der Waals surface area (Å²) in [5, 5.41) is 3.26. The molecule has 0 radical (unpaired) electrons. The van der Waals surface area contributed by atoms with Gasteiger partial charge in [0.15, 0.2) is 0 Å². The van der Waals surface area contributed by atoms with Crippen molar-refractivity contribution in [2.75, 3.05) is 19.0 Å². The van der Waals surface area contributed by atoms with Gasteiger partial charge in [-0.15, -0.1) is 0 Å². The average molecular weight is 243 g/mol. The molecule has 4 nitrogen and oxygen atoms in total. The van der Waals surface area contributed by atoms with Gasteiger partial charge in [-0.1, -0.05) is 12.1 Å². The van der Waals surface area contributed by atoms with Crippen molar-refractivity contribution < 1.29 is 4.74 Å². The predicted molar refractivity (Wildman–Crippen MR) is 71.4 cm³/mol. The summed E-state index contributed by atoms with van der Waals surface area (Å²) in [6, 6.07) is 11.8. The number of pyridine rings is 2. The maximum Gasteiger partial charge on any atom is 0.126 e. The highest BCUT2D eigenvalue weighted by atomic mass is 16.5. The van der Waals surface area contributed by atoms with Gasteiger partial charge in [0.2, 0.25) is 0 Å². The minimum Gasteiger partial charge on any atom is -0.384 e. The fourth-order valence-corrected chi connectivity index (χ4v) is 1.61. The first-order valence-corrected chi connectivity index (χ1v) is 5.97. The molecule has 2 heterocycles. The van der Waals surface area contributed by atoms with Crippen molar-refractivity contribution in [3.63, 3.8) is 0 Å². The van der Waals surface area contributed by atoms with Crippen molar-refractivity contribution in [3.05, 3.63) is 54.0 Å². The largest absolute Gasteiger partial charge is 0.384 e. The number of nitrogens with zero attached hydrogens (tertiary/aromatic N) is 2. The van der Waals surface area contributed by atoms with E-state index in [1.165, 1.54) is 0 Å². The normalized spacial score (nSPS) is 10.3. The number of aromatic nitrogens is 2. The second kappa shape index (κ2) is 6.71. The fourth-order valence-electron chi connectivity index (χ4n) is 1.61. The van der Waals surface area contributed by atoms with E-state index in [-0.39, 0.29) is 0 Å². The zero-order valence-corrected chi connectivity index (χ0v) is 10.5. The first kappa shape index (κ1) is 12.5. The van der Waals surface area contributed by atoms with Gasteiger partial charge >= 0.3 is 0 Å². The average Bonchev–Trinajstić information content (AvgIpc) is 2.44. The molecule has 4 heteroatoms. The number of anilines is 1. The Bertz CT molecular complexity index is 473. The lowest BCUT2D eigenvalue weighted by Crippen LogP contribution is -2.05. The topological polar surface area (TPSA) is 47.0 Å². The van der Waals surface area contributed by atoms with E-state index in [4.69, 9.17) is 4.74 Å². The minimum atomic E-state index is 0.682. The van der Waals surface area contributed by atoms with Crippen LogP contribution in [-0.4, -0.2) is 23.7 Å². The van der Waals surface area contributed by atoms with Crippen molar-refractivity contribution >= 4 is 5.82 Å². The summed E-state index contributed by atoms with van der Waals surface area (Å²) in [7, 11) is 1.70. The summed E-state index contributed by atoms with van der Waals surface area (Å²) in [5.74, 6) is 0.870. The number of rotatable bonds is 6. The molecule has 0 saturated heterocycles. The van der Waals surface area contributed by atoms with Crippen molar-refractivity contribution in [3.8, 4) is 0 Å². The van der Waals surface area contributed by atoms with Gasteiger partial charge in [0.25, 0.3) is 0 Å². The molecular weight excluding hydrogens is 226 g/mol. The molecule has 0 atom stereocenters. The zero-order valence-electron chi connectivity index (χ0n) is 10.5. The monoisotopic (exact) mass is 243 g/mol. The summed E-state index contributed by atoms with van der Waals surface area (Å²) >= 11 is 0. The molecule has 2 aromatic rings. The number of hydrogen-bond acceptors (Lipinski definition) is 4. The Labute approximate surface area is 107 Å². The number of hydrogen-bond donors (Lipinski definition) is 1. The standard InChI is InChI=1S/C14H17N3O/c1-18-10-8-12-6-4-7-14(17-12)16-11-13-5-2-3-9-15-13/h2-7,9H,8,10-11H2,1H3,(H,16,17). The van der Waals surface area contributed by atoms with Gasteiger partial charge in [-0.25, -0.2) is 4.98 Å². The molecule has 0 aliphatic heterocycles. The second-order valence-corrected chi connectivity index (χ2v) is 3.93. The van der Waals surface area contributed by atoms with Crippen molar-refractivity contribution in [1.82, 2.24) is 9.97 Å². The SMILES string of the molecule is COCCc1cccc(NCc2ccccn2)n1. The van der Waals surface area contributed by atoms with Crippen LogP contribution in [0.1, 0.15) is 11.4 Å². The Morgan fingerprint density at radius 1 is 1.11 bits per heavy atom. The third-order valence-corrected chi connectivity index (χ3v) is 2.55. The predicted octanol–water partition coefficient (Wildman–Crippen LogP) is 2.28. The summed E-state index contributed by atoms with van der Waals surface area (Å²) < 4.78 is 5.04. The van der Waals surface area contributed by atoms with E-state index < -0.39 is 0 Å². The van der Waals surface area contributed by atoms with Gasteiger partial charge in [-0.3, -0.25) is 4.98 Å². The maximum absolute atomic E-state index is 5.04. The van der Waals surface area contributed by atoms with Crippen LogP contribution in [0, 0.1) is 0 Å². The summed E-state index contributed by atoms with van der Waals surface area (Å²) in [6.07, 6.45) is 2.62. The minimum absolute atomic E-state index is 0.682. The highest BCUT2D eigenvalue weighted by Crippen LogP contribution is 2.07. The summed E-state index contributed by atoms with van der Waals surface area (Å²) in [4.78, 5) is 8.76. The molecule has 94 valence electrons. The zero-order chi connectivity index (χ0) is 12.6. The van der Waals surface area contributed by atoms with Crippen LogP contribution in [-0.2, 0) is 17.7 Å². The molecule has 1 N–H and O–H groups in total. The summed E-state index contributed by atoms with van der Waals surface area (Å²) in [6.45, 7) is 1.37. The maximum atomic E-state index is 5.04. The second-order valence-electron chi connectivity index (χ2n) is 3.93. The van der Waals surface area contributed by atoms with Crippen LogP contribution >= 0.6 is 0 Å². The van der Waals surface area contributed by atoms with Crippen LogP contribution in [0.5, 0.6) is 0 Å². The molecular formula is C14H17N3O. The van der Waals surface area contributed by atoms with Gasteiger partial charge in [-0.2, -0.15) is 0 Å². The van der Waals surface area contributed by atoms with Gasteiger partial charge < -0.3 is 10.1 Å². The fraction of sp³-hybridized carbons (Fsp3) is 0.286. The molecule has 0 unspecified atom stereocenters. The highest BCUT2D eigenvalue weighted by Gasteiger charge is 1.98. The lowest BCUT2D eigenvalue weighted by Gasteiger charge is -2.07. The molecule has 0 bridgehead atoms. The van der Waals surface area contributed by atoms with Crippen LogP contribution in [0.3, 0.4) is 0 Å². The molecule has 2 aromatic heterocycles. The molecule has 0 fully saturated rings. The van der Waals surface area contributed by atoms with E-state index in [9.17, 15) is 0 Å². The van der Waals surface area contributed by atoms with Gasteiger partial charge in [-0.05, 0) is 24.3 Å². The number of ether oxygens (including phenoxy) is 1. The van der Waals surface area contributed by atoms with Gasteiger partial charge in [0.05, 0.1) is 18.8 Å². The van der Waals surface area contributed by atoms with E-state index in [2.05, 4.69) is 15.3 Å². The molecule has 18 heavy (non-hydrogen) atoms. The van der Waals surface area contributed by atoms with E-state index >= 15 is 0 Å². The van der Waals surface area contributed by atoms with Gasteiger partial charge in [0, 0.05) is 25.4 Å². The van der Waals surface area contributed by atoms with E-state index in [0.717, 1.165) is 23.6 Å². The van der Waals surface area contributed by atoms with Crippen LogP contribution in [0.15, 0.2) is 42.6 Å². The third kappa shape index (κ3) is 3.82. The third-order valence-electron chi connectivity index (χ3n) is 2.55. The van der Waals surface area contributed by atoms with Crippen molar-refractivity contribution in [2.24, 2.45) is 0 Å². The Hall–Kier alpha value is -1.94. The Balaban J connectivity index is 1.93. The molecule has 0 saturated carbocycles. The lowest BCUT2D eigenvalue weighted by atomic mass is 10.3. The quantitative estimate of drug-likeness (QED) is 0.845. The molecule has 0 spiro atoms. The Kier molecular flexibility index (Phi) is 4.67. The highest BCUT2D eigenvalue weighted by molar-refractivity contribution is 5.35. The molecule has 0 aliphatic rings. The molecule has 0 aromatic carbocycles. The number of nitrogens with one attached hydrogen (secondary N) is 1. The molecule has 2 rings (SSSR count). The van der Waals surface area contributed by atoms with Crippen LogP contribution in [0.2, 0.25) is 0 Å². The van der Waals surface area contributed by atoms with Crippen molar-refractivity contribution in [2.45, 2.75) is 13.0 Å². The number of methoxy groups -OCH3 is 1. The smallest absolute Gasteiger partial charge is 0.126 e. The van der Waals surface area contributed by atoms with E-state index in [1.54, 1.807) is 13.3 Å². The summed E-state index contributed by atoms with van der Waals surface area (Å²) in [5.41, 5.74) is 2.03. The first-order valence-electron chi connectivity index (χ1n) is 5.97.